The van der Waals surface area contributed by atoms with Gasteiger partial charge in [0.2, 0.25) is 0 Å². The van der Waals surface area contributed by atoms with E-state index >= 15 is 0 Å². The van der Waals surface area contributed by atoms with Crippen LogP contribution in [0.5, 0.6) is 34.5 Å². The molecule has 0 saturated heterocycles. The molecule has 0 bridgehead atoms. The van der Waals surface area contributed by atoms with Gasteiger partial charge in [-0.3, -0.25) is 0 Å². The second kappa shape index (κ2) is 13.7. The number of rotatable bonds is 13. The molecule has 0 aliphatic rings. The van der Waals surface area contributed by atoms with Crippen molar-refractivity contribution in [2.24, 2.45) is 0 Å². The van der Waals surface area contributed by atoms with Crippen LogP contribution < -0.4 is 26.8 Å². The Kier molecular flexibility index (Phi) is 10.9. The number of hydrogen-bond acceptors (Lipinski definition) is 12. The van der Waals surface area contributed by atoms with Crippen LogP contribution in [0.2, 0.25) is 0 Å². The number of ether oxygens (including phenoxy) is 3. The van der Waals surface area contributed by atoms with Crippen molar-refractivity contribution in [1.82, 2.24) is 0 Å². The zero-order valence-corrected chi connectivity index (χ0v) is 28.9. The first-order valence-corrected chi connectivity index (χ1v) is 18.7. The van der Waals surface area contributed by atoms with E-state index in [0.717, 1.165) is 24.3 Å². The molecule has 0 spiro atoms. The van der Waals surface area contributed by atoms with E-state index in [1.54, 1.807) is 18.2 Å². The topological polar surface area (TPSA) is 158 Å². The molecule has 0 N–H and O–H groups in total. The van der Waals surface area contributed by atoms with Gasteiger partial charge in [-0.1, -0.05) is 17.7 Å². The third-order valence-corrected chi connectivity index (χ3v) is 7.57. The lowest BCUT2D eigenvalue weighted by molar-refractivity contribution is 0.345. The predicted octanol–water partition coefficient (Wildman–Crippen LogP) is 5.16. The maximum absolute atomic E-state index is 12.5. The quantitative estimate of drug-likeness (QED) is 0.168. The first-order valence-electron chi connectivity index (χ1n) is 12.5. The second-order valence-corrected chi connectivity index (χ2v) is 15.2. The highest BCUT2D eigenvalue weighted by atomic mass is 79.9. The molecule has 3 rings (SSSR count). The molecule has 0 radical (unpaired) electrons. The summed E-state index contributed by atoms with van der Waals surface area (Å²) < 4.78 is 105. The lowest BCUT2D eigenvalue weighted by Crippen LogP contribution is -2.10. The highest BCUT2D eigenvalue weighted by Gasteiger charge is 2.28. The fourth-order valence-corrected chi connectivity index (χ4v) is 5.86. The van der Waals surface area contributed by atoms with Crippen molar-refractivity contribution < 1.29 is 52.0 Å². The van der Waals surface area contributed by atoms with Gasteiger partial charge in [0.05, 0.1) is 43.0 Å². The summed E-state index contributed by atoms with van der Waals surface area (Å²) in [5.41, 5.74) is 2.08. The van der Waals surface area contributed by atoms with Crippen LogP contribution in [-0.2, 0) is 30.4 Å². The molecule has 3 aromatic rings. The van der Waals surface area contributed by atoms with Crippen molar-refractivity contribution in [1.29, 1.82) is 0 Å². The van der Waals surface area contributed by atoms with Crippen LogP contribution in [0.15, 0.2) is 58.6 Å². The Morgan fingerprint density at radius 2 is 1.30 bits per heavy atom. The molecule has 0 aliphatic carbocycles. The summed E-state index contributed by atoms with van der Waals surface area (Å²) in [6.45, 7) is 3.86. The Hall–Kier alpha value is -3.47. The highest BCUT2D eigenvalue weighted by molar-refractivity contribution is 9.10. The molecule has 0 fully saturated rings. The van der Waals surface area contributed by atoms with Crippen LogP contribution in [0.1, 0.15) is 13.8 Å². The SMILES string of the molecule is COc1cc(-c2ccc(OS(C)(=O)=O)cc2)c(OC)c(OS(C)(=O)=O)c1-c1cc(Br)c(OCC=C(C)C)c(OS(C)(=O)=O)c1. The van der Waals surface area contributed by atoms with Gasteiger partial charge in [-0.15, -0.1) is 0 Å². The van der Waals surface area contributed by atoms with Crippen LogP contribution in [0.25, 0.3) is 22.3 Å². The van der Waals surface area contributed by atoms with Crippen LogP contribution in [-0.4, -0.2) is 64.8 Å². The Morgan fingerprint density at radius 1 is 0.705 bits per heavy atom. The average Bonchev–Trinajstić information content (AvgIpc) is 2.87. The average molecular weight is 736 g/mol. The Bertz CT molecular complexity index is 1900. The van der Waals surface area contributed by atoms with Gasteiger partial charge >= 0.3 is 30.4 Å². The smallest absolute Gasteiger partial charge is 0.306 e. The largest absolute Gasteiger partial charge is 0.496 e. The molecule has 16 heteroatoms. The Balaban J connectivity index is 2.35. The summed E-state index contributed by atoms with van der Waals surface area (Å²) in [5, 5.41) is 0. The van der Waals surface area contributed by atoms with Crippen LogP contribution >= 0.6 is 15.9 Å². The Morgan fingerprint density at radius 3 is 1.80 bits per heavy atom. The lowest BCUT2D eigenvalue weighted by atomic mass is 9.96. The zero-order valence-electron chi connectivity index (χ0n) is 24.8. The molecule has 3 aromatic carbocycles. The van der Waals surface area contributed by atoms with E-state index in [4.69, 9.17) is 26.8 Å². The predicted molar refractivity (Wildman–Crippen MR) is 169 cm³/mol. The van der Waals surface area contributed by atoms with Gasteiger partial charge in [0.25, 0.3) is 0 Å². The summed E-state index contributed by atoms with van der Waals surface area (Å²) in [4.78, 5) is 0. The molecule has 0 atom stereocenters. The summed E-state index contributed by atoms with van der Waals surface area (Å²) in [6, 6.07) is 10.3. The van der Waals surface area contributed by atoms with E-state index in [-0.39, 0.29) is 56.7 Å². The van der Waals surface area contributed by atoms with E-state index in [1.807, 2.05) is 13.8 Å². The van der Waals surface area contributed by atoms with Gasteiger partial charge in [0.1, 0.15) is 18.1 Å². The second-order valence-electron chi connectivity index (χ2n) is 9.63. The summed E-state index contributed by atoms with van der Waals surface area (Å²) >= 11 is 3.41. The molecule has 12 nitrogen and oxygen atoms in total. The first-order chi connectivity index (χ1) is 20.3. The van der Waals surface area contributed by atoms with E-state index in [1.165, 1.54) is 44.6 Å². The molecule has 44 heavy (non-hydrogen) atoms. The minimum absolute atomic E-state index is 0.0198. The minimum Gasteiger partial charge on any atom is -0.496 e. The number of methoxy groups -OCH3 is 2. The molecular weight excluding hydrogens is 704 g/mol. The summed E-state index contributed by atoms with van der Waals surface area (Å²) in [5.74, 6) is -0.213. The van der Waals surface area contributed by atoms with Gasteiger partial charge in [-0.05, 0) is 77.3 Å². The Labute approximate surface area is 266 Å². The van der Waals surface area contributed by atoms with Crippen LogP contribution in [0, 0.1) is 0 Å². The maximum atomic E-state index is 12.5. The monoisotopic (exact) mass is 734 g/mol. The first kappa shape index (κ1) is 35.0. The molecule has 0 aromatic heterocycles. The number of hydrogen-bond donors (Lipinski definition) is 0. The molecule has 0 amide bonds. The molecular formula is C28H31BrO12S3. The molecule has 0 unspecified atom stereocenters. The van der Waals surface area contributed by atoms with Crippen molar-refractivity contribution in [3.05, 3.63) is 58.6 Å². The van der Waals surface area contributed by atoms with Gasteiger partial charge in [-0.2, -0.15) is 25.3 Å². The lowest BCUT2D eigenvalue weighted by Gasteiger charge is -2.21. The third-order valence-electron chi connectivity index (χ3n) is 5.53. The molecule has 0 saturated carbocycles. The standard InChI is InChI=1S/C28H31BrO12S3/c1-17(2)12-13-38-27-22(29)14-19(15-24(27)40-43(6,32)33)25-23(36-3)16-21(26(37-4)28(25)41-44(7,34)35)18-8-10-20(11-9-18)39-42(5,30)31/h8-12,14-16H,13H2,1-7H3. The third kappa shape index (κ3) is 9.51. The zero-order chi connectivity index (χ0) is 33.0. The molecule has 0 heterocycles. The number of halogens is 1. The van der Waals surface area contributed by atoms with E-state index < -0.39 is 30.4 Å². The van der Waals surface area contributed by atoms with Crippen LogP contribution in [0.3, 0.4) is 0 Å². The van der Waals surface area contributed by atoms with Crippen molar-refractivity contribution >= 4 is 46.3 Å². The van der Waals surface area contributed by atoms with Crippen molar-refractivity contribution in [2.45, 2.75) is 13.8 Å². The number of benzene rings is 3. The number of allylic oxidation sites excluding steroid dienone is 1. The molecule has 240 valence electrons. The molecule has 0 aliphatic heterocycles. The van der Waals surface area contributed by atoms with E-state index in [9.17, 15) is 25.3 Å². The van der Waals surface area contributed by atoms with Crippen molar-refractivity contribution in [3.8, 4) is 56.8 Å². The summed E-state index contributed by atoms with van der Waals surface area (Å²) in [6.07, 6.45) is 4.42. The normalized spacial score (nSPS) is 11.8. The fraction of sp³-hybridized carbons (Fsp3) is 0.286. The van der Waals surface area contributed by atoms with Gasteiger partial charge in [0.15, 0.2) is 23.0 Å². The van der Waals surface area contributed by atoms with Crippen LogP contribution in [0.4, 0.5) is 0 Å². The maximum Gasteiger partial charge on any atom is 0.306 e. The van der Waals surface area contributed by atoms with E-state index in [0.29, 0.717) is 11.1 Å². The minimum atomic E-state index is -4.16. The highest BCUT2D eigenvalue weighted by Crippen LogP contribution is 2.53. The van der Waals surface area contributed by atoms with Gasteiger partial charge < -0.3 is 26.8 Å². The van der Waals surface area contributed by atoms with Gasteiger partial charge in [0, 0.05) is 5.56 Å². The summed E-state index contributed by atoms with van der Waals surface area (Å²) in [7, 11) is -9.30. The fourth-order valence-electron chi connectivity index (χ4n) is 3.93. The van der Waals surface area contributed by atoms with E-state index in [2.05, 4.69) is 15.9 Å². The van der Waals surface area contributed by atoms with Crippen molar-refractivity contribution in [3.63, 3.8) is 0 Å². The van der Waals surface area contributed by atoms with Crippen molar-refractivity contribution in [2.75, 3.05) is 39.6 Å². The van der Waals surface area contributed by atoms with Gasteiger partial charge in [-0.25, -0.2) is 0 Å².